The maximum atomic E-state index is 11.7. The van der Waals surface area contributed by atoms with Crippen LogP contribution in [0.15, 0.2) is 0 Å². The van der Waals surface area contributed by atoms with Gasteiger partial charge in [0.15, 0.2) is 0 Å². The van der Waals surface area contributed by atoms with Crippen LogP contribution in [0.25, 0.3) is 0 Å². The summed E-state index contributed by atoms with van der Waals surface area (Å²) in [4.78, 5) is 51.5. The molecular formula is C13H19N3O6. The van der Waals surface area contributed by atoms with Gasteiger partial charge in [0.2, 0.25) is 0 Å². The monoisotopic (exact) mass is 313 g/mol. The van der Waals surface area contributed by atoms with Crippen LogP contribution in [0.2, 0.25) is 0 Å². The molecule has 0 bridgehead atoms. The molecule has 122 valence electrons. The van der Waals surface area contributed by atoms with E-state index in [2.05, 4.69) is 5.32 Å². The molecule has 0 aliphatic carbocycles. The minimum atomic E-state index is -0.933. The van der Waals surface area contributed by atoms with Crippen molar-refractivity contribution in [2.45, 2.75) is 44.6 Å². The molecule has 0 spiro atoms. The second-order valence-electron chi connectivity index (χ2n) is 5.36. The molecule has 2 heterocycles. The van der Waals surface area contributed by atoms with E-state index >= 15 is 0 Å². The second kappa shape index (κ2) is 7.10. The molecular weight excluding hydrogens is 294 g/mol. The molecule has 4 amide bonds. The molecule has 2 saturated heterocycles. The molecule has 9 heteroatoms. The Hall–Kier alpha value is -2.32. The Morgan fingerprint density at radius 3 is 2.14 bits per heavy atom. The molecule has 0 aromatic rings. The maximum absolute atomic E-state index is 11.7. The smallest absolute Gasteiger partial charge is 0.432 e. The van der Waals surface area contributed by atoms with Crippen molar-refractivity contribution in [1.82, 2.24) is 15.3 Å². The van der Waals surface area contributed by atoms with Gasteiger partial charge in [0.1, 0.15) is 0 Å². The van der Waals surface area contributed by atoms with Gasteiger partial charge in [-0.2, -0.15) is 0 Å². The van der Waals surface area contributed by atoms with Gasteiger partial charge in [-0.3, -0.25) is 9.59 Å². The standard InChI is InChI=1S/C13H19N3O6/c17-10-5-6-11(18)16(10)22-12(19)14-9-3-1-7-15(13(20)21)8-2-4-9/h9H,1-8H2,(H,14,19)(H,20,21). The molecule has 0 radical (unpaired) electrons. The SMILES string of the molecule is O=C(NC1CCCN(C(=O)O)CCC1)ON1C(=O)CCC1=O. The highest BCUT2D eigenvalue weighted by atomic mass is 16.7. The number of carboxylic acid groups (broad SMARTS) is 1. The van der Waals surface area contributed by atoms with Crippen molar-refractivity contribution >= 4 is 24.0 Å². The predicted molar refractivity (Wildman–Crippen MR) is 72.6 cm³/mol. The maximum Gasteiger partial charge on any atom is 0.432 e. The number of hydroxylamine groups is 2. The van der Waals surface area contributed by atoms with E-state index in [0.717, 1.165) is 0 Å². The van der Waals surface area contributed by atoms with E-state index < -0.39 is 24.0 Å². The summed E-state index contributed by atoms with van der Waals surface area (Å²) in [6, 6.07) is -0.156. The fourth-order valence-corrected chi connectivity index (χ4v) is 2.58. The fourth-order valence-electron chi connectivity index (χ4n) is 2.58. The van der Waals surface area contributed by atoms with E-state index in [1.165, 1.54) is 4.90 Å². The van der Waals surface area contributed by atoms with Crippen LogP contribution in [-0.2, 0) is 14.4 Å². The van der Waals surface area contributed by atoms with E-state index in [4.69, 9.17) is 9.94 Å². The summed E-state index contributed by atoms with van der Waals surface area (Å²) >= 11 is 0. The number of hydrogen-bond donors (Lipinski definition) is 2. The van der Waals surface area contributed by atoms with Crippen molar-refractivity contribution in [3.63, 3.8) is 0 Å². The van der Waals surface area contributed by atoms with Crippen molar-refractivity contribution in [2.75, 3.05) is 13.1 Å². The molecule has 0 atom stereocenters. The zero-order chi connectivity index (χ0) is 16.1. The number of hydrogen-bond acceptors (Lipinski definition) is 5. The van der Waals surface area contributed by atoms with Crippen molar-refractivity contribution in [2.24, 2.45) is 0 Å². The highest BCUT2D eigenvalue weighted by molar-refractivity contribution is 6.01. The molecule has 2 aliphatic heterocycles. The lowest BCUT2D eigenvalue weighted by Crippen LogP contribution is -2.43. The fraction of sp³-hybridized carbons (Fsp3) is 0.692. The summed E-state index contributed by atoms with van der Waals surface area (Å²) in [6.07, 6.45) is 0.821. The van der Waals surface area contributed by atoms with Gasteiger partial charge in [0.05, 0.1) is 0 Å². The highest BCUT2D eigenvalue weighted by Crippen LogP contribution is 2.14. The summed E-state index contributed by atoms with van der Waals surface area (Å²) in [5.74, 6) is -1.04. The Bertz CT molecular complexity index is 454. The number of imide groups is 1. The summed E-state index contributed by atoms with van der Waals surface area (Å²) in [6.45, 7) is 0.845. The van der Waals surface area contributed by atoms with Crippen LogP contribution in [-0.4, -0.2) is 58.2 Å². The number of carbonyl (C=O) groups excluding carboxylic acids is 3. The Balaban J connectivity index is 1.78. The minimum Gasteiger partial charge on any atom is -0.465 e. The lowest BCUT2D eigenvalue weighted by Gasteiger charge is -2.26. The molecule has 9 nitrogen and oxygen atoms in total. The largest absolute Gasteiger partial charge is 0.465 e. The number of rotatable bonds is 2. The number of amides is 4. The Morgan fingerprint density at radius 2 is 1.64 bits per heavy atom. The lowest BCUT2D eigenvalue weighted by molar-refractivity contribution is -0.171. The second-order valence-corrected chi connectivity index (χ2v) is 5.36. The molecule has 0 aromatic carbocycles. The third-order valence-corrected chi connectivity index (χ3v) is 3.73. The summed E-state index contributed by atoms with van der Waals surface area (Å²) < 4.78 is 0. The van der Waals surface area contributed by atoms with E-state index in [1.807, 2.05) is 0 Å². The first kappa shape index (κ1) is 16.1. The zero-order valence-electron chi connectivity index (χ0n) is 12.1. The zero-order valence-corrected chi connectivity index (χ0v) is 12.1. The quantitative estimate of drug-likeness (QED) is 0.725. The van der Waals surface area contributed by atoms with Crippen LogP contribution < -0.4 is 5.32 Å². The van der Waals surface area contributed by atoms with Gasteiger partial charge >= 0.3 is 12.2 Å². The van der Waals surface area contributed by atoms with Gasteiger partial charge in [-0.05, 0) is 25.7 Å². The molecule has 2 N–H and O–H groups in total. The average Bonchev–Trinajstić information content (AvgIpc) is 2.73. The van der Waals surface area contributed by atoms with Gasteiger partial charge in [0, 0.05) is 32.0 Å². The molecule has 2 rings (SSSR count). The van der Waals surface area contributed by atoms with Crippen molar-refractivity contribution < 1.29 is 29.1 Å². The Morgan fingerprint density at radius 1 is 1.09 bits per heavy atom. The first-order valence-electron chi connectivity index (χ1n) is 7.29. The molecule has 22 heavy (non-hydrogen) atoms. The predicted octanol–water partition coefficient (Wildman–Crippen LogP) is 0.699. The van der Waals surface area contributed by atoms with Crippen LogP contribution >= 0.6 is 0 Å². The number of likely N-dealkylation sites (tertiary alicyclic amines) is 1. The Labute approximate surface area is 127 Å². The Kier molecular flexibility index (Phi) is 5.18. The third-order valence-electron chi connectivity index (χ3n) is 3.73. The van der Waals surface area contributed by atoms with Crippen LogP contribution in [0.5, 0.6) is 0 Å². The first-order chi connectivity index (χ1) is 10.5. The lowest BCUT2D eigenvalue weighted by atomic mass is 10.0. The van der Waals surface area contributed by atoms with Crippen LogP contribution in [0.1, 0.15) is 38.5 Å². The summed E-state index contributed by atoms with van der Waals surface area (Å²) in [5.41, 5.74) is 0. The van der Waals surface area contributed by atoms with Gasteiger partial charge < -0.3 is 20.2 Å². The van der Waals surface area contributed by atoms with Crippen molar-refractivity contribution in [1.29, 1.82) is 0 Å². The average molecular weight is 313 g/mol. The van der Waals surface area contributed by atoms with Crippen LogP contribution in [0.4, 0.5) is 9.59 Å². The van der Waals surface area contributed by atoms with E-state index in [-0.39, 0.29) is 18.9 Å². The number of nitrogens with zero attached hydrogens (tertiary/aromatic N) is 2. The van der Waals surface area contributed by atoms with Crippen molar-refractivity contribution in [3.8, 4) is 0 Å². The third kappa shape index (κ3) is 4.09. The van der Waals surface area contributed by atoms with Gasteiger partial charge in [-0.15, -0.1) is 5.06 Å². The normalized spacial score (nSPS) is 20.5. The number of nitrogens with one attached hydrogen (secondary N) is 1. The molecule has 2 fully saturated rings. The van der Waals surface area contributed by atoms with Crippen LogP contribution in [0, 0.1) is 0 Å². The van der Waals surface area contributed by atoms with Gasteiger partial charge in [-0.25, -0.2) is 9.59 Å². The minimum absolute atomic E-state index is 0.0561. The molecule has 0 saturated carbocycles. The first-order valence-corrected chi connectivity index (χ1v) is 7.29. The van der Waals surface area contributed by atoms with E-state index in [9.17, 15) is 19.2 Å². The molecule has 0 unspecified atom stereocenters. The highest BCUT2D eigenvalue weighted by Gasteiger charge is 2.33. The van der Waals surface area contributed by atoms with E-state index in [0.29, 0.717) is 43.8 Å². The van der Waals surface area contributed by atoms with Gasteiger partial charge in [-0.1, -0.05) is 0 Å². The molecule has 0 aromatic heterocycles. The van der Waals surface area contributed by atoms with Crippen LogP contribution in [0.3, 0.4) is 0 Å². The number of carbonyl (C=O) groups is 4. The topological polar surface area (TPSA) is 116 Å². The summed E-state index contributed by atoms with van der Waals surface area (Å²) in [7, 11) is 0. The van der Waals surface area contributed by atoms with Crippen molar-refractivity contribution in [3.05, 3.63) is 0 Å². The van der Waals surface area contributed by atoms with E-state index in [1.54, 1.807) is 0 Å². The molecule has 2 aliphatic rings. The summed E-state index contributed by atoms with van der Waals surface area (Å²) in [5, 5.41) is 12.1. The van der Waals surface area contributed by atoms with Gasteiger partial charge in [0.25, 0.3) is 11.8 Å².